The fourth-order valence-electron chi connectivity index (χ4n) is 2.26. The molecule has 0 saturated heterocycles. The van der Waals surface area contributed by atoms with Gasteiger partial charge in [0.25, 0.3) is 0 Å². The third kappa shape index (κ3) is 2.40. The van der Waals surface area contributed by atoms with E-state index in [4.69, 9.17) is 33.2 Å². The number of nitriles is 2. The van der Waals surface area contributed by atoms with Gasteiger partial charge in [-0.2, -0.15) is 10.5 Å². The zero-order valence-corrected chi connectivity index (χ0v) is 13.3. The van der Waals surface area contributed by atoms with Crippen molar-refractivity contribution in [2.24, 2.45) is 0 Å². The zero-order valence-electron chi connectivity index (χ0n) is 11.8. The number of rotatable bonds is 1. The van der Waals surface area contributed by atoms with E-state index in [2.05, 4.69) is 6.07 Å². The molecule has 0 radical (unpaired) electrons. The summed E-state index contributed by atoms with van der Waals surface area (Å²) in [4.78, 5) is 0. The van der Waals surface area contributed by atoms with Crippen LogP contribution in [-0.2, 0) is 10.3 Å². The molecule has 1 aromatic carbocycles. The third-order valence-electron chi connectivity index (χ3n) is 3.71. The number of benzene rings is 1. The van der Waals surface area contributed by atoms with Gasteiger partial charge in [-0.15, -0.1) is 0 Å². The Kier molecular flexibility index (Phi) is 4.01. The van der Waals surface area contributed by atoms with Crippen molar-refractivity contribution in [3.8, 4) is 12.1 Å². The van der Waals surface area contributed by atoms with Crippen LogP contribution >= 0.6 is 23.2 Å². The van der Waals surface area contributed by atoms with E-state index in [-0.39, 0.29) is 0 Å². The van der Waals surface area contributed by atoms with Crippen molar-refractivity contribution in [3.05, 3.63) is 56.3 Å². The van der Waals surface area contributed by atoms with Gasteiger partial charge in [0.2, 0.25) is 0 Å². The molecule has 0 aliphatic carbocycles. The summed E-state index contributed by atoms with van der Waals surface area (Å²) in [7, 11) is 0. The van der Waals surface area contributed by atoms with Crippen LogP contribution in [-0.4, -0.2) is 0 Å². The van der Waals surface area contributed by atoms with Gasteiger partial charge >= 0.3 is 0 Å². The Morgan fingerprint density at radius 3 is 2.43 bits per heavy atom. The van der Waals surface area contributed by atoms with Crippen LogP contribution in [0.15, 0.2) is 40.7 Å². The number of ether oxygens (including phenoxy) is 1. The fraction of sp³-hybridized carbons (Fsp3) is 0.250. The average Bonchev–Trinajstić information content (AvgIpc) is 2.74. The molecule has 0 amide bonds. The van der Waals surface area contributed by atoms with Crippen molar-refractivity contribution in [1.82, 2.24) is 0 Å². The second-order valence-electron chi connectivity index (χ2n) is 4.94. The van der Waals surface area contributed by atoms with E-state index < -0.39 is 5.60 Å². The van der Waals surface area contributed by atoms with E-state index in [0.717, 1.165) is 11.1 Å². The minimum atomic E-state index is -0.841. The molecule has 0 fully saturated rings. The molecule has 1 aliphatic heterocycles. The largest absolute Gasteiger partial charge is 0.476 e. The summed E-state index contributed by atoms with van der Waals surface area (Å²) in [6.07, 6.45) is 0. The smallest absolute Gasteiger partial charge is 0.154 e. The summed E-state index contributed by atoms with van der Waals surface area (Å²) < 4.78 is 5.96. The van der Waals surface area contributed by atoms with Gasteiger partial charge in [0.05, 0.1) is 27.3 Å². The molecule has 5 heteroatoms. The Bertz CT molecular complexity index is 765. The Morgan fingerprint density at radius 1 is 1.24 bits per heavy atom. The van der Waals surface area contributed by atoms with Crippen LogP contribution in [0.1, 0.15) is 26.3 Å². The maximum atomic E-state index is 9.35. The van der Waals surface area contributed by atoms with Gasteiger partial charge in [-0.05, 0) is 38.5 Å². The van der Waals surface area contributed by atoms with E-state index in [1.54, 1.807) is 25.1 Å². The quantitative estimate of drug-likeness (QED) is 0.693. The average molecular weight is 319 g/mol. The second-order valence-corrected chi connectivity index (χ2v) is 5.76. The predicted octanol–water partition coefficient (Wildman–Crippen LogP) is 4.88. The number of nitrogens with zero attached hydrogens (tertiary/aromatic N) is 2. The molecule has 21 heavy (non-hydrogen) atoms. The van der Waals surface area contributed by atoms with Crippen molar-refractivity contribution in [2.75, 3.05) is 0 Å². The molecule has 0 bridgehead atoms. The SMILES string of the molecule is CC1=C(C#N)/C(=C(\C)C#N)OC1(C)c1ccc(Cl)c(Cl)c1. The first kappa shape index (κ1) is 15.4. The van der Waals surface area contributed by atoms with E-state index >= 15 is 0 Å². The number of halogens is 2. The Balaban J connectivity index is 2.65. The summed E-state index contributed by atoms with van der Waals surface area (Å²) in [5.74, 6) is 0.325. The molecule has 1 unspecified atom stereocenters. The highest BCUT2D eigenvalue weighted by Gasteiger charge is 2.42. The lowest BCUT2D eigenvalue weighted by Gasteiger charge is -2.27. The van der Waals surface area contributed by atoms with Gasteiger partial charge in [0.15, 0.2) is 11.4 Å². The monoisotopic (exact) mass is 318 g/mol. The molecular weight excluding hydrogens is 307 g/mol. The molecular formula is C16H12Cl2N2O. The highest BCUT2D eigenvalue weighted by atomic mass is 35.5. The number of hydrogen-bond donors (Lipinski definition) is 0. The van der Waals surface area contributed by atoms with E-state index in [9.17, 15) is 5.26 Å². The fourth-order valence-corrected chi connectivity index (χ4v) is 2.56. The summed E-state index contributed by atoms with van der Waals surface area (Å²) in [6, 6.07) is 9.34. The van der Waals surface area contributed by atoms with Crippen LogP contribution in [0.4, 0.5) is 0 Å². The molecule has 106 valence electrons. The molecule has 0 N–H and O–H groups in total. The van der Waals surface area contributed by atoms with Gasteiger partial charge in [-0.3, -0.25) is 0 Å². The molecule has 0 spiro atoms. The molecule has 3 nitrogen and oxygen atoms in total. The second kappa shape index (κ2) is 5.45. The van der Waals surface area contributed by atoms with Crippen LogP contribution in [0.3, 0.4) is 0 Å². The molecule has 1 aromatic rings. The lowest BCUT2D eigenvalue weighted by molar-refractivity contribution is 0.0723. The van der Waals surface area contributed by atoms with Crippen LogP contribution in [0.2, 0.25) is 10.0 Å². The van der Waals surface area contributed by atoms with Crippen molar-refractivity contribution in [2.45, 2.75) is 26.4 Å². The topological polar surface area (TPSA) is 56.8 Å². The Morgan fingerprint density at radius 2 is 1.90 bits per heavy atom. The van der Waals surface area contributed by atoms with E-state index in [1.165, 1.54) is 0 Å². The van der Waals surface area contributed by atoms with Gasteiger partial charge in [-0.25, -0.2) is 0 Å². The zero-order chi connectivity index (χ0) is 15.8. The molecule has 0 aromatic heterocycles. The minimum Gasteiger partial charge on any atom is -0.476 e. The normalized spacial score (nSPS) is 23.4. The van der Waals surface area contributed by atoms with E-state index in [1.807, 2.05) is 19.9 Å². The molecule has 1 heterocycles. The van der Waals surface area contributed by atoms with Crippen molar-refractivity contribution in [3.63, 3.8) is 0 Å². The molecule has 1 atom stereocenters. The van der Waals surface area contributed by atoms with Gasteiger partial charge in [0, 0.05) is 5.56 Å². The van der Waals surface area contributed by atoms with Crippen molar-refractivity contribution < 1.29 is 4.74 Å². The summed E-state index contributed by atoms with van der Waals surface area (Å²) in [6.45, 7) is 5.29. The lowest BCUT2D eigenvalue weighted by atomic mass is 9.88. The number of hydrogen-bond acceptors (Lipinski definition) is 3. The van der Waals surface area contributed by atoms with Crippen molar-refractivity contribution >= 4 is 23.2 Å². The minimum absolute atomic E-state index is 0.325. The summed E-state index contributed by atoms with van der Waals surface area (Å²) >= 11 is 12.0. The standard InChI is InChI=1S/C16H12Cl2N2O/c1-9(7-19)15-12(8-20)10(2)16(3,21-15)11-4-5-13(17)14(18)6-11/h4-6H,1-3H3/b15-9-. The van der Waals surface area contributed by atoms with Gasteiger partial charge in [0.1, 0.15) is 6.07 Å². The number of allylic oxidation sites excluding steroid dienone is 2. The van der Waals surface area contributed by atoms with Crippen LogP contribution in [0.5, 0.6) is 0 Å². The van der Waals surface area contributed by atoms with E-state index in [0.29, 0.717) is 27.0 Å². The van der Waals surface area contributed by atoms with Crippen LogP contribution < -0.4 is 0 Å². The third-order valence-corrected chi connectivity index (χ3v) is 4.45. The first-order valence-corrected chi connectivity index (χ1v) is 6.98. The van der Waals surface area contributed by atoms with Crippen LogP contribution in [0.25, 0.3) is 0 Å². The van der Waals surface area contributed by atoms with Gasteiger partial charge in [-0.1, -0.05) is 29.3 Å². The first-order valence-electron chi connectivity index (χ1n) is 6.22. The van der Waals surface area contributed by atoms with Gasteiger partial charge < -0.3 is 4.74 Å². The van der Waals surface area contributed by atoms with Crippen LogP contribution in [0, 0.1) is 22.7 Å². The predicted molar refractivity (Wildman–Crippen MR) is 81.5 cm³/mol. The highest BCUT2D eigenvalue weighted by Crippen LogP contribution is 2.46. The summed E-state index contributed by atoms with van der Waals surface area (Å²) in [5, 5.41) is 19.3. The lowest BCUT2D eigenvalue weighted by Crippen LogP contribution is -2.22. The molecule has 2 rings (SSSR count). The maximum absolute atomic E-state index is 9.35. The summed E-state index contributed by atoms with van der Waals surface area (Å²) in [5.41, 5.74) is 1.44. The maximum Gasteiger partial charge on any atom is 0.154 e. The Labute approximate surface area is 133 Å². The Hall–Kier alpha value is -1.94. The highest BCUT2D eigenvalue weighted by molar-refractivity contribution is 6.42. The van der Waals surface area contributed by atoms with Crippen molar-refractivity contribution in [1.29, 1.82) is 10.5 Å². The molecule has 0 saturated carbocycles. The first-order chi connectivity index (χ1) is 9.85. The molecule has 1 aliphatic rings.